The quantitative estimate of drug-likeness (QED) is 0.593. The third-order valence-corrected chi connectivity index (χ3v) is 5.71. The molecular formula is C21H25N5O2S. The smallest absolute Gasteiger partial charge is 0.221 e. The highest BCUT2D eigenvalue weighted by Gasteiger charge is 2.12. The SMILES string of the molecule is O=C(CCNc1nc(-c2cccs2)nc2ccccc12)NCCN1CCOCC1. The second kappa shape index (κ2) is 9.78. The molecule has 1 aliphatic heterocycles. The molecule has 7 nitrogen and oxygen atoms in total. The number of rotatable bonds is 8. The first-order chi connectivity index (χ1) is 14.3. The van der Waals surface area contributed by atoms with Crippen molar-refractivity contribution in [2.24, 2.45) is 0 Å². The maximum absolute atomic E-state index is 12.2. The van der Waals surface area contributed by atoms with Gasteiger partial charge in [-0.05, 0) is 23.6 Å². The summed E-state index contributed by atoms with van der Waals surface area (Å²) in [6, 6.07) is 11.9. The number of morpholine rings is 1. The maximum atomic E-state index is 12.2. The van der Waals surface area contributed by atoms with Crippen LogP contribution in [0.3, 0.4) is 0 Å². The Morgan fingerprint density at radius 2 is 1.97 bits per heavy atom. The van der Waals surface area contributed by atoms with Crippen LogP contribution in [0.4, 0.5) is 5.82 Å². The highest BCUT2D eigenvalue weighted by molar-refractivity contribution is 7.13. The zero-order valence-electron chi connectivity index (χ0n) is 16.3. The minimum absolute atomic E-state index is 0.0441. The fraction of sp³-hybridized carbons (Fsp3) is 0.381. The molecule has 1 saturated heterocycles. The molecule has 0 radical (unpaired) electrons. The van der Waals surface area contributed by atoms with Crippen LogP contribution in [-0.4, -0.2) is 66.7 Å². The molecule has 0 aliphatic carbocycles. The first-order valence-electron chi connectivity index (χ1n) is 9.91. The number of carbonyl (C=O) groups excluding carboxylic acids is 1. The van der Waals surface area contributed by atoms with Crippen molar-refractivity contribution >= 4 is 34.0 Å². The molecular weight excluding hydrogens is 386 g/mol. The first-order valence-corrected chi connectivity index (χ1v) is 10.8. The van der Waals surface area contributed by atoms with Gasteiger partial charge in [-0.1, -0.05) is 18.2 Å². The zero-order valence-corrected chi connectivity index (χ0v) is 17.1. The van der Waals surface area contributed by atoms with E-state index in [2.05, 4.69) is 20.5 Å². The summed E-state index contributed by atoms with van der Waals surface area (Å²) in [5.41, 5.74) is 0.892. The van der Waals surface area contributed by atoms with Crippen LogP contribution < -0.4 is 10.6 Å². The number of aromatic nitrogens is 2. The number of nitrogens with zero attached hydrogens (tertiary/aromatic N) is 3. The summed E-state index contributed by atoms with van der Waals surface area (Å²) < 4.78 is 5.34. The number of hydrogen-bond donors (Lipinski definition) is 2. The summed E-state index contributed by atoms with van der Waals surface area (Å²) >= 11 is 1.61. The van der Waals surface area contributed by atoms with Gasteiger partial charge in [0.15, 0.2) is 5.82 Å². The van der Waals surface area contributed by atoms with Crippen molar-refractivity contribution in [3.63, 3.8) is 0 Å². The Hall–Kier alpha value is -2.55. The highest BCUT2D eigenvalue weighted by Crippen LogP contribution is 2.27. The molecule has 3 heterocycles. The topological polar surface area (TPSA) is 79.4 Å². The average molecular weight is 412 g/mol. The molecule has 0 bridgehead atoms. The van der Waals surface area contributed by atoms with Gasteiger partial charge in [-0.25, -0.2) is 9.97 Å². The molecule has 1 aliphatic rings. The highest BCUT2D eigenvalue weighted by atomic mass is 32.1. The molecule has 2 N–H and O–H groups in total. The van der Waals surface area contributed by atoms with Crippen molar-refractivity contribution in [3.05, 3.63) is 41.8 Å². The lowest BCUT2D eigenvalue weighted by atomic mass is 10.2. The van der Waals surface area contributed by atoms with Gasteiger partial charge in [0.05, 0.1) is 23.6 Å². The summed E-state index contributed by atoms with van der Waals surface area (Å²) in [7, 11) is 0. The Balaban J connectivity index is 1.32. The van der Waals surface area contributed by atoms with Crippen LogP contribution in [0.2, 0.25) is 0 Å². The predicted molar refractivity (Wildman–Crippen MR) is 116 cm³/mol. The number of thiophene rings is 1. The summed E-state index contributed by atoms with van der Waals surface area (Å²) in [6.45, 7) is 5.47. The molecule has 4 rings (SSSR count). The molecule has 0 spiro atoms. The zero-order chi connectivity index (χ0) is 19.9. The van der Waals surface area contributed by atoms with Crippen LogP contribution >= 0.6 is 11.3 Å². The Morgan fingerprint density at radius 1 is 1.10 bits per heavy atom. The number of para-hydroxylation sites is 1. The van der Waals surface area contributed by atoms with Crippen LogP contribution in [0.25, 0.3) is 21.6 Å². The summed E-state index contributed by atoms with van der Waals surface area (Å²) in [6.07, 6.45) is 0.399. The standard InChI is InChI=1S/C21H25N5O2S/c27-19(22-9-10-26-11-13-28-14-12-26)7-8-23-20-16-4-1-2-5-17(16)24-21(25-20)18-6-3-15-29-18/h1-6,15H,7-14H2,(H,22,27)(H,23,24,25). The van der Waals surface area contributed by atoms with Gasteiger partial charge in [0.25, 0.3) is 0 Å². The minimum atomic E-state index is 0.0441. The first kappa shape index (κ1) is 19.8. The largest absolute Gasteiger partial charge is 0.379 e. The minimum Gasteiger partial charge on any atom is -0.379 e. The predicted octanol–water partition coefficient (Wildman–Crippen LogP) is 2.61. The van der Waals surface area contributed by atoms with Crippen molar-refractivity contribution in [2.45, 2.75) is 6.42 Å². The number of ether oxygens (including phenoxy) is 1. The van der Waals surface area contributed by atoms with Crippen LogP contribution in [0.5, 0.6) is 0 Å². The molecule has 1 amide bonds. The fourth-order valence-corrected chi connectivity index (χ4v) is 3.95. The van der Waals surface area contributed by atoms with E-state index in [1.54, 1.807) is 11.3 Å². The molecule has 0 atom stereocenters. The summed E-state index contributed by atoms with van der Waals surface area (Å²) in [5.74, 6) is 1.51. The average Bonchev–Trinajstić information content (AvgIpc) is 3.29. The van der Waals surface area contributed by atoms with Crippen LogP contribution in [0, 0.1) is 0 Å². The molecule has 2 aromatic heterocycles. The van der Waals surface area contributed by atoms with Crippen LogP contribution in [0.15, 0.2) is 41.8 Å². The monoisotopic (exact) mass is 411 g/mol. The lowest BCUT2D eigenvalue weighted by Crippen LogP contribution is -2.41. The number of amides is 1. The van der Waals surface area contributed by atoms with Gasteiger partial charge < -0.3 is 15.4 Å². The van der Waals surface area contributed by atoms with Crippen molar-refractivity contribution < 1.29 is 9.53 Å². The molecule has 0 saturated carbocycles. The third kappa shape index (κ3) is 5.29. The van der Waals surface area contributed by atoms with Gasteiger partial charge in [0.2, 0.25) is 5.91 Å². The fourth-order valence-electron chi connectivity index (χ4n) is 3.29. The Labute approximate surface area is 174 Å². The van der Waals surface area contributed by atoms with Gasteiger partial charge in [-0.15, -0.1) is 11.3 Å². The number of benzene rings is 1. The Kier molecular flexibility index (Phi) is 6.66. The van der Waals surface area contributed by atoms with E-state index in [0.717, 1.165) is 54.4 Å². The molecule has 3 aromatic rings. The van der Waals surface area contributed by atoms with Gasteiger partial charge in [-0.3, -0.25) is 9.69 Å². The van der Waals surface area contributed by atoms with Gasteiger partial charge >= 0.3 is 0 Å². The Bertz CT molecular complexity index is 941. The number of carbonyl (C=O) groups is 1. The summed E-state index contributed by atoms with van der Waals surface area (Å²) in [4.78, 5) is 24.9. The van der Waals surface area contributed by atoms with Crippen molar-refractivity contribution in [1.29, 1.82) is 0 Å². The van der Waals surface area contributed by atoms with E-state index in [0.29, 0.717) is 25.3 Å². The molecule has 29 heavy (non-hydrogen) atoms. The van der Waals surface area contributed by atoms with E-state index in [9.17, 15) is 4.79 Å². The molecule has 152 valence electrons. The lowest BCUT2D eigenvalue weighted by Gasteiger charge is -2.26. The Morgan fingerprint density at radius 3 is 2.79 bits per heavy atom. The van der Waals surface area contributed by atoms with Gasteiger partial charge in [0.1, 0.15) is 5.82 Å². The number of hydrogen-bond acceptors (Lipinski definition) is 7. The van der Waals surface area contributed by atoms with E-state index in [1.807, 2.05) is 41.8 Å². The number of anilines is 1. The van der Waals surface area contributed by atoms with Gasteiger partial charge in [0, 0.05) is 44.5 Å². The number of fused-ring (bicyclic) bond motifs is 1. The molecule has 1 fully saturated rings. The van der Waals surface area contributed by atoms with Crippen molar-refractivity contribution in [1.82, 2.24) is 20.2 Å². The molecule has 8 heteroatoms. The molecule has 0 unspecified atom stereocenters. The van der Waals surface area contributed by atoms with E-state index in [-0.39, 0.29) is 5.91 Å². The summed E-state index contributed by atoms with van der Waals surface area (Å²) in [5, 5.41) is 9.30. The normalized spacial score (nSPS) is 14.8. The second-order valence-corrected chi connectivity index (χ2v) is 7.82. The van der Waals surface area contributed by atoms with Crippen LogP contribution in [-0.2, 0) is 9.53 Å². The van der Waals surface area contributed by atoms with E-state index < -0.39 is 0 Å². The molecule has 1 aromatic carbocycles. The lowest BCUT2D eigenvalue weighted by molar-refractivity contribution is -0.120. The van der Waals surface area contributed by atoms with E-state index in [1.165, 1.54) is 0 Å². The van der Waals surface area contributed by atoms with Crippen molar-refractivity contribution in [2.75, 3.05) is 51.3 Å². The van der Waals surface area contributed by atoms with E-state index >= 15 is 0 Å². The number of nitrogens with one attached hydrogen (secondary N) is 2. The van der Waals surface area contributed by atoms with E-state index in [4.69, 9.17) is 9.72 Å². The second-order valence-electron chi connectivity index (χ2n) is 6.87. The van der Waals surface area contributed by atoms with Crippen LogP contribution in [0.1, 0.15) is 6.42 Å². The third-order valence-electron chi connectivity index (χ3n) is 4.84. The van der Waals surface area contributed by atoms with Gasteiger partial charge in [-0.2, -0.15) is 0 Å². The maximum Gasteiger partial charge on any atom is 0.221 e. The van der Waals surface area contributed by atoms with Crippen molar-refractivity contribution in [3.8, 4) is 10.7 Å².